The first-order valence-electron chi connectivity index (χ1n) is 5.63. The molecular formula is C11H27NO. The van der Waals surface area contributed by atoms with Gasteiger partial charge in [0.25, 0.3) is 0 Å². The Hall–Kier alpha value is -0.0800. The highest BCUT2D eigenvalue weighted by atomic mass is 16.5. The molecule has 0 aliphatic carbocycles. The summed E-state index contributed by atoms with van der Waals surface area (Å²) in [4.78, 5) is 2.31. The maximum atomic E-state index is 5.43. The minimum Gasteiger partial charge on any atom is -0.377 e. The van der Waals surface area contributed by atoms with E-state index in [2.05, 4.69) is 18.9 Å². The Morgan fingerprint density at radius 3 is 2.08 bits per heavy atom. The van der Waals surface area contributed by atoms with E-state index in [0.717, 1.165) is 13.2 Å². The summed E-state index contributed by atoms with van der Waals surface area (Å²) in [7, 11) is 2.14. The molecule has 1 heterocycles. The molecule has 0 amide bonds. The summed E-state index contributed by atoms with van der Waals surface area (Å²) in [6.45, 7) is 13.2. The molecule has 0 aromatic carbocycles. The second-order valence-electron chi connectivity index (χ2n) is 2.63. The molecule has 0 aromatic rings. The maximum Gasteiger partial charge on any atom is 0.0713 e. The van der Waals surface area contributed by atoms with Gasteiger partial charge in [0, 0.05) is 19.7 Å². The van der Waals surface area contributed by atoms with Crippen LogP contribution in [0.15, 0.2) is 0 Å². The molecule has 82 valence electrons. The van der Waals surface area contributed by atoms with Gasteiger partial charge in [0.2, 0.25) is 0 Å². The first-order chi connectivity index (χ1) is 6.33. The fraction of sp³-hybridized carbons (Fsp3) is 1.00. The number of rotatable bonds is 2. The molecule has 1 saturated heterocycles. The fourth-order valence-corrected chi connectivity index (χ4v) is 1.27. The van der Waals surface area contributed by atoms with Crippen molar-refractivity contribution < 1.29 is 4.74 Å². The molecular weight excluding hydrogens is 162 g/mol. The molecule has 1 atom stereocenters. The minimum atomic E-state index is 0.514. The number of likely N-dealkylation sites (tertiary alicyclic amines) is 1. The third-order valence-corrected chi connectivity index (χ3v) is 1.75. The van der Waals surface area contributed by atoms with Crippen molar-refractivity contribution in [1.29, 1.82) is 0 Å². The topological polar surface area (TPSA) is 12.5 Å². The van der Waals surface area contributed by atoms with E-state index in [1.165, 1.54) is 13.0 Å². The van der Waals surface area contributed by atoms with Gasteiger partial charge in [0.05, 0.1) is 6.10 Å². The predicted octanol–water partition coefficient (Wildman–Crippen LogP) is 2.78. The summed E-state index contributed by atoms with van der Waals surface area (Å²) >= 11 is 0. The van der Waals surface area contributed by atoms with Crippen LogP contribution >= 0.6 is 0 Å². The number of hydrogen-bond donors (Lipinski definition) is 0. The number of nitrogens with zero attached hydrogens (tertiary/aromatic N) is 1. The molecule has 1 aliphatic heterocycles. The van der Waals surface area contributed by atoms with Crippen molar-refractivity contribution in [2.45, 2.75) is 47.1 Å². The van der Waals surface area contributed by atoms with Gasteiger partial charge in [-0.25, -0.2) is 0 Å². The molecule has 13 heavy (non-hydrogen) atoms. The van der Waals surface area contributed by atoms with E-state index < -0.39 is 0 Å². The Labute approximate surface area is 84.3 Å². The largest absolute Gasteiger partial charge is 0.377 e. The van der Waals surface area contributed by atoms with Crippen molar-refractivity contribution in [1.82, 2.24) is 4.90 Å². The van der Waals surface area contributed by atoms with E-state index in [-0.39, 0.29) is 0 Å². The first kappa shape index (κ1) is 15.4. The van der Waals surface area contributed by atoms with Gasteiger partial charge in [0.1, 0.15) is 0 Å². The predicted molar refractivity (Wildman–Crippen MR) is 60.2 cm³/mol. The average Bonchev–Trinajstić information content (AvgIpc) is 2.59. The van der Waals surface area contributed by atoms with Gasteiger partial charge in [0.15, 0.2) is 0 Å². The van der Waals surface area contributed by atoms with Crippen molar-refractivity contribution in [3.05, 3.63) is 0 Å². The van der Waals surface area contributed by atoms with E-state index in [1.807, 2.05) is 27.7 Å². The summed E-state index contributed by atoms with van der Waals surface area (Å²) in [5.74, 6) is 0. The SMILES string of the molecule is CC.CC.CCOC1CCN(C)C1. The third kappa shape index (κ3) is 8.26. The Morgan fingerprint density at radius 2 is 1.77 bits per heavy atom. The molecule has 1 unspecified atom stereocenters. The van der Waals surface area contributed by atoms with E-state index in [0.29, 0.717) is 6.10 Å². The molecule has 0 N–H and O–H groups in total. The van der Waals surface area contributed by atoms with Crippen LogP contribution in [0.25, 0.3) is 0 Å². The zero-order valence-corrected chi connectivity index (χ0v) is 10.3. The van der Waals surface area contributed by atoms with Crippen LogP contribution in [0.2, 0.25) is 0 Å². The van der Waals surface area contributed by atoms with Crippen LogP contribution in [-0.2, 0) is 4.74 Å². The highest BCUT2D eigenvalue weighted by molar-refractivity contribution is 4.72. The normalized spacial score (nSPS) is 21.2. The maximum absolute atomic E-state index is 5.43. The van der Waals surface area contributed by atoms with E-state index >= 15 is 0 Å². The number of likely N-dealkylation sites (N-methyl/N-ethyl adjacent to an activating group) is 1. The lowest BCUT2D eigenvalue weighted by molar-refractivity contribution is 0.0709. The van der Waals surface area contributed by atoms with Gasteiger partial charge in [-0.1, -0.05) is 27.7 Å². The first-order valence-corrected chi connectivity index (χ1v) is 5.63. The molecule has 1 aliphatic rings. The quantitative estimate of drug-likeness (QED) is 0.662. The van der Waals surface area contributed by atoms with Crippen molar-refractivity contribution >= 4 is 0 Å². The summed E-state index contributed by atoms with van der Waals surface area (Å²) in [6, 6.07) is 0. The minimum absolute atomic E-state index is 0.514. The molecule has 0 spiro atoms. The van der Waals surface area contributed by atoms with Crippen LogP contribution in [0.5, 0.6) is 0 Å². The lowest BCUT2D eigenvalue weighted by Gasteiger charge is -2.09. The third-order valence-electron chi connectivity index (χ3n) is 1.75. The van der Waals surface area contributed by atoms with Gasteiger partial charge < -0.3 is 9.64 Å². The smallest absolute Gasteiger partial charge is 0.0713 e. The highest BCUT2D eigenvalue weighted by Crippen LogP contribution is 2.09. The average molecular weight is 189 g/mol. The van der Waals surface area contributed by atoms with Crippen LogP contribution in [0.1, 0.15) is 41.0 Å². The molecule has 0 aromatic heterocycles. The van der Waals surface area contributed by atoms with Gasteiger partial charge in [-0.2, -0.15) is 0 Å². The van der Waals surface area contributed by atoms with Gasteiger partial charge in [-0.05, 0) is 20.4 Å². The molecule has 0 saturated carbocycles. The van der Waals surface area contributed by atoms with E-state index in [1.54, 1.807) is 0 Å². The fourth-order valence-electron chi connectivity index (χ4n) is 1.27. The van der Waals surface area contributed by atoms with Crippen molar-refractivity contribution in [3.63, 3.8) is 0 Å². The summed E-state index contributed by atoms with van der Waals surface area (Å²) in [6.07, 6.45) is 1.73. The van der Waals surface area contributed by atoms with Crippen LogP contribution in [0.4, 0.5) is 0 Å². The van der Waals surface area contributed by atoms with Gasteiger partial charge in [-0.15, -0.1) is 0 Å². The van der Waals surface area contributed by atoms with Crippen LogP contribution in [0.3, 0.4) is 0 Å². The Balaban J connectivity index is 0. The van der Waals surface area contributed by atoms with Gasteiger partial charge >= 0.3 is 0 Å². The standard InChI is InChI=1S/C7H15NO.2C2H6/c1-3-9-7-4-5-8(2)6-7;2*1-2/h7H,3-6H2,1-2H3;2*1-2H3. The molecule has 2 nitrogen and oxygen atoms in total. The number of hydrogen-bond acceptors (Lipinski definition) is 2. The van der Waals surface area contributed by atoms with Crippen molar-refractivity contribution in [2.24, 2.45) is 0 Å². The zero-order chi connectivity index (χ0) is 10.7. The van der Waals surface area contributed by atoms with Crippen molar-refractivity contribution in [2.75, 3.05) is 26.7 Å². The Kier molecular flexibility index (Phi) is 14.1. The highest BCUT2D eigenvalue weighted by Gasteiger charge is 2.18. The molecule has 1 fully saturated rings. The Morgan fingerprint density at radius 1 is 1.23 bits per heavy atom. The van der Waals surface area contributed by atoms with Gasteiger partial charge in [-0.3, -0.25) is 0 Å². The second kappa shape index (κ2) is 11.9. The number of ether oxygens (including phenoxy) is 1. The molecule has 2 heteroatoms. The Bertz CT molecular complexity index is 84.2. The van der Waals surface area contributed by atoms with E-state index in [9.17, 15) is 0 Å². The summed E-state index contributed by atoms with van der Waals surface area (Å²) in [5, 5.41) is 0. The van der Waals surface area contributed by atoms with E-state index in [4.69, 9.17) is 4.74 Å². The van der Waals surface area contributed by atoms with Crippen LogP contribution < -0.4 is 0 Å². The van der Waals surface area contributed by atoms with Crippen LogP contribution in [0, 0.1) is 0 Å². The monoisotopic (exact) mass is 189 g/mol. The lowest BCUT2D eigenvalue weighted by Crippen LogP contribution is -2.18. The lowest BCUT2D eigenvalue weighted by atomic mass is 10.3. The second-order valence-corrected chi connectivity index (χ2v) is 2.63. The summed E-state index contributed by atoms with van der Waals surface area (Å²) in [5.41, 5.74) is 0. The molecule has 0 radical (unpaired) electrons. The van der Waals surface area contributed by atoms with Crippen LogP contribution in [-0.4, -0.2) is 37.7 Å². The molecule has 1 rings (SSSR count). The van der Waals surface area contributed by atoms with Crippen molar-refractivity contribution in [3.8, 4) is 0 Å². The zero-order valence-electron chi connectivity index (χ0n) is 10.3. The molecule has 0 bridgehead atoms. The summed E-state index contributed by atoms with van der Waals surface area (Å²) < 4.78 is 5.43.